The van der Waals surface area contributed by atoms with Gasteiger partial charge >= 0.3 is 0 Å². The Kier molecular flexibility index (Phi) is 4.17. The lowest BCUT2D eigenvalue weighted by atomic mass is 10.7. The first-order valence-electron chi connectivity index (χ1n) is 2.05. The van der Waals surface area contributed by atoms with Gasteiger partial charge in [-0.2, -0.15) is 0 Å². The van der Waals surface area contributed by atoms with Crippen molar-refractivity contribution in [1.82, 2.24) is 0 Å². The summed E-state index contributed by atoms with van der Waals surface area (Å²) in [5.74, 6) is 0.789. The zero-order valence-electron chi connectivity index (χ0n) is 4.47. The highest BCUT2D eigenvalue weighted by molar-refractivity contribution is 6.28. The van der Waals surface area contributed by atoms with Crippen molar-refractivity contribution in [3.63, 3.8) is 0 Å². The molecule has 0 saturated heterocycles. The van der Waals surface area contributed by atoms with Gasteiger partial charge in [-0.3, -0.25) is 0 Å². The minimum Gasteiger partial charge on any atom is -0.248 e. The summed E-state index contributed by atoms with van der Waals surface area (Å²) in [5, 5.41) is 0. The van der Waals surface area contributed by atoms with Gasteiger partial charge < -0.3 is 0 Å². The highest BCUT2D eigenvalue weighted by Gasteiger charge is 1.84. The first kappa shape index (κ1) is 7.37. The molecule has 0 aliphatic carbocycles. The number of aliphatic imine (C=N–C) groups is 2. The minimum absolute atomic E-state index is 0.287. The summed E-state index contributed by atoms with van der Waals surface area (Å²) in [4.78, 5) is 7.17. The lowest BCUT2D eigenvalue weighted by Gasteiger charge is -1.85. The molecule has 0 saturated carbocycles. The van der Waals surface area contributed by atoms with Gasteiger partial charge in [-0.15, -0.1) is 11.6 Å². The molecule has 3 heteroatoms. The smallest absolute Gasteiger partial charge is 0.142 e. The molecule has 0 radical (unpaired) electrons. The molecule has 0 fully saturated rings. The Morgan fingerprint density at radius 3 is 2.50 bits per heavy atom. The van der Waals surface area contributed by atoms with Gasteiger partial charge in [-0.1, -0.05) is 6.58 Å². The van der Waals surface area contributed by atoms with Gasteiger partial charge in [0.25, 0.3) is 0 Å². The second-order valence-electron chi connectivity index (χ2n) is 1.02. The number of alkyl halides is 1. The Balaban J connectivity index is 3.84. The average Bonchev–Trinajstić information content (AvgIpc) is 1.83. The first-order valence-corrected chi connectivity index (χ1v) is 2.59. The lowest BCUT2D eigenvalue weighted by Crippen LogP contribution is -1.91. The number of nitrogens with zero attached hydrogens (tertiary/aromatic N) is 2. The van der Waals surface area contributed by atoms with Crippen LogP contribution in [0, 0.1) is 0 Å². The molecule has 0 aromatic rings. The monoisotopic (exact) mass is 130 g/mol. The molecule has 0 heterocycles. The molecule has 0 rings (SSSR count). The molecule has 0 amide bonds. The van der Waals surface area contributed by atoms with Gasteiger partial charge in [-0.25, -0.2) is 9.98 Å². The Labute approximate surface area is 53.6 Å². The molecule has 8 heavy (non-hydrogen) atoms. The predicted octanol–water partition coefficient (Wildman–Crippen LogP) is 1.47. The molecule has 0 aliphatic rings. The normalized spacial score (nSPS) is 10.9. The third-order valence-corrected chi connectivity index (χ3v) is 0.781. The van der Waals surface area contributed by atoms with Crippen LogP contribution >= 0.6 is 11.6 Å². The van der Waals surface area contributed by atoms with Gasteiger partial charge in [0.1, 0.15) is 5.84 Å². The Morgan fingerprint density at radius 2 is 2.38 bits per heavy atom. The zero-order valence-corrected chi connectivity index (χ0v) is 5.23. The standard InChI is InChI=1S/C5H7ClN2/c1-3-8-5(4-6)7-2/h3H,1-2,4H2. The van der Waals surface area contributed by atoms with E-state index in [2.05, 4.69) is 23.3 Å². The van der Waals surface area contributed by atoms with Crippen molar-refractivity contribution >= 4 is 24.2 Å². The van der Waals surface area contributed by atoms with Crippen LogP contribution in [0.4, 0.5) is 0 Å². The quantitative estimate of drug-likeness (QED) is 0.307. The molecule has 0 aromatic heterocycles. The van der Waals surface area contributed by atoms with Crippen molar-refractivity contribution in [2.24, 2.45) is 9.98 Å². The molecule has 0 bridgehead atoms. The SMILES string of the molecule is C=CN=C(CCl)N=C. The minimum atomic E-state index is 0.287. The summed E-state index contributed by atoms with van der Waals surface area (Å²) in [6.45, 7) is 6.60. The van der Waals surface area contributed by atoms with Crippen LogP contribution in [0.1, 0.15) is 0 Å². The summed E-state index contributed by atoms with van der Waals surface area (Å²) in [6.07, 6.45) is 1.38. The van der Waals surface area contributed by atoms with Crippen molar-refractivity contribution in [3.05, 3.63) is 12.8 Å². The number of amidine groups is 1. The molecular weight excluding hydrogens is 124 g/mol. The fraction of sp³-hybridized carbons (Fsp3) is 0.200. The van der Waals surface area contributed by atoms with Crippen LogP contribution < -0.4 is 0 Å². The third-order valence-electron chi connectivity index (χ3n) is 0.542. The van der Waals surface area contributed by atoms with Crippen LogP contribution in [0.5, 0.6) is 0 Å². The fourth-order valence-electron chi connectivity index (χ4n) is 0.223. The second-order valence-corrected chi connectivity index (χ2v) is 1.29. The van der Waals surface area contributed by atoms with Crippen LogP contribution in [-0.2, 0) is 0 Å². The molecular formula is C5H7ClN2. The van der Waals surface area contributed by atoms with Crippen LogP contribution in [0.3, 0.4) is 0 Å². The molecule has 0 spiro atoms. The van der Waals surface area contributed by atoms with Crippen molar-refractivity contribution in [3.8, 4) is 0 Å². The topological polar surface area (TPSA) is 24.7 Å². The Bertz CT molecular complexity index is 118. The predicted molar refractivity (Wildman–Crippen MR) is 37.9 cm³/mol. The fourth-order valence-corrected chi connectivity index (χ4v) is 0.376. The van der Waals surface area contributed by atoms with E-state index >= 15 is 0 Å². The maximum Gasteiger partial charge on any atom is 0.142 e. The molecule has 0 aromatic carbocycles. The molecule has 2 nitrogen and oxygen atoms in total. The van der Waals surface area contributed by atoms with Gasteiger partial charge in [-0.05, 0) is 6.72 Å². The van der Waals surface area contributed by atoms with E-state index in [-0.39, 0.29) is 5.88 Å². The summed E-state index contributed by atoms with van der Waals surface area (Å²) >= 11 is 5.33. The maximum atomic E-state index is 5.33. The maximum absolute atomic E-state index is 5.33. The van der Waals surface area contributed by atoms with Crippen molar-refractivity contribution in [1.29, 1.82) is 0 Å². The van der Waals surface area contributed by atoms with Gasteiger partial charge in [0.05, 0.1) is 5.88 Å². The van der Waals surface area contributed by atoms with E-state index in [9.17, 15) is 0 Å². The van der Waals surface area contributed by atoms with E-state index in [0.29, 0.717) is 5.84 Å². The highest BCUT2D eigenvalue weighted by Crippen LogP contribution is 1.84. The van der Waals surface area contributed by atoms with Crippen molar-refractivity contribution in [2.75, 3.05) is 5.88 Å². The van der Waals surface area contributed by atoms with Crippen LogP contribution in [0.2, 0.25) is 0 Å². The molecule has 0 atom stereocenters. The van der Waals surface area contributed by atoms with E-state index in [4.69, 9.17) is 11.6 Å². The average molecular weight is 131 g/mol. The molecule has 0 N–H and O–H groups in total. The first-order chi connectivity index (χ1) is 3.85. The number of rotatable bonds is 2. The van der Waals surface area contributed by atoms with Crippen molar-refractivity contribution in [2.45, 2.75) is 0 Å². The number of hydrogen-bond donors (Lipinski definition) is 0. The summed E-state index contributed by atoms with van der Waals surface area (Å²) in [6, 6.07) is 0. The van der Waals surface area contributed by atoms with E-state index in [1.54, 1.807) is 0 Å². The van der Waals surface area contributed by atoms with Gasteiger partial charge in [0.15, 0.2) is 0 Å². The molecule has 0 aliphatic heterocycles. The molecule has 0 unspecified atom stereocenters. The van der Waals surface area contributed by atoms with Crippen LogP contribution in [0.15, 0.2) is 22.8 Å². The summed E-state index contributed by atoms with van der Waals surface area (Å²) in [5.41, 5.74) is 0. The Morgan fingerprint density at radius 1 is 1.75 bits per heavy atom. The van der Waals surface area contributed by atoms with Crippen LogP contribution in [-0.4, -0.2) is 18.4 Å². The van der Waals surface area contributed by atoms with E-state index in [0.717, 1.165) is 0 Å². The second kappa shape index (κ2) is 4.53. The van der Waals surface area contributed by atoms with Crippen molar-refractivity contribution < 1.29 is 0 Å². The largest absolute Gasteiger partial charge is 0.248 e. The summed E-state index contributed by atoms with van der Waals surface area (Å²) < 4.78 is 0. The molecule has 44 valence electrons. The Hall–Kier alpha value is -0.630. The third kappa shape index (κ3) is 2.53. The number of hydrogen-bond acceptors (Lipinski definition) is 1. The summed E-state index contributed by atoms with van der Waals surface area (Å²) in [7, 11) is 0. The zero-order chi connectivity index (χ0) is 6.41. The van der Waals surface area contributed by atoms with Gasteiger partial charge in [0.2, 0.25) is 0 Å². The van der Waals surface area contributed by atoms with E-state index in [1.807, 2.05) is 0 Å². The van der Waals surface area contributed by atoms with E-state index in [1.165, 1.54) is 6.20 Å². The van der Waals surface area contributed by atoms with E-state index < -0.39 is 0 Å². The van der Waals surface area contributed by atoms with Crippen LogP contribution in [0.25, 0.3) is 0 Å². The number of halogens is 1. The van der Waals surface area contributed by atoms with Gasteiger partial charge in [0, 0.05) is 6.20 Å². The lowest BCUT2D eigenvalue weighted by molar-refractivity contribution is 1.49. The highest BCUT2D eigenvalue weighted by atomic mass is 35.5.